The smallest absolute Gasteiger partial charge is 0.387 e. The summed E-state index contributed by atoms with van der Waals surface area (Å²) in [4.78, 5) is 2.24. The summed E-state index contributed by atoms with van der Waals surface area (Å²) in [5.74, 6) is 0.587. The fourth-order valence-electron chi connectivity index (χ4n) is 2.09. The Morgan fingerprint density at radius 3 is 2.62 bits per heavy atom. The van der Waals surface area contributed by atoms with Crippen LogP contribution >= 0.6 is 0 Å². The first kappa shape index (κ1) is 15.8. The van der Waals surface area contributed by atoms with Crippen molar-refractivity contribution in [2.24, 2.45) is 0 Å². The van der Waals surface area contributed by atoms with Gasteiger partial charge in [-0.25, -0.2) is 0 Å². The average Bonchev–Trinajstić information content (AvgIpc) is 2.47. The Balaban J connectivity index is 1.88. The molecule has 1 saturated heterocycles. The summed E-state index contributed by atoms with van der Waals surface area (Å²) in [5, 5.41) is 2.89. The van der Waals surface area contributed by atoms with E-state index in [-0.39, 0.29) is 5.75 Å². The Hall–Kier alpha value is -1.60. The van der Waals surface area contributed by atoms with Gasteiger partial charge in [-0.1, -0.05) is 0 Å². The van der Waals surface area contributed by atoms with Crippen molar-refractivity contribution in [1.82, 2.24) is 4.90 Å². The molecule has 1 heterocycles. The molecule has 0 bridgehead atoms. The van der Waals surface area contributed by atoms with Gasteiger partial charge in [0.05, 0.1) is 13.2 Å². The summed E-state index contributed by atoms with van der Waals surface area (Å²) in [5.41, 5.74) is 0.662. The van der Waals surface area contributed by atoms with Crippen molar-refractivity contribution in [3.8, 4) is 11.5 Å². The van der Waals surface area contributed by atoms with Crippen LogP contribution in [-0.4, -0.2) is 58.0 Å². The summed E-state index contributed by atoms with van der Waals surface area (Å²) in [7, 11) is 1.71. The van der Waals surface area contributed by atoms with Crippen LogP contribution in [0, 0.1) is 0 Å². The van der Waals surface area contributed by atoms with E-state index in [0.29, 0.717) is 18.0 Å². The normalized spacial score (nSPS) is 16.0. The molecule has 2 rings (SSSR count). The molecule has 0 aromatic heterocycles. The van der Waals surface area contributed by atoms with E-state index in [4.69, 9.17) is 9.47 Å². The predicted molar refractivity (Wildman–Crippen MR) is 75.4 cm³/mol. The molecule has 0 aliphatic carbocycles. The molecule has 1 aromatic rings. The summed E-state index contributed by atoms with van der Waals surface area (Å²) in [6.07, 6.45) is 0. The molecule has 0 amide bonds. The largest absolute Gasteiger partial charge is 0.492 e. The van der Waals surface area contributed by atoms with Crippen LogP contribution in [0.1, 0.15) is 0 Å². The summed E-state index contributed by atoms with van der Waals surface area (Å²) < 4.78 is 39.9. The molecule has 1 N–H and O–H groups in total. The van der Waals surface area contributed by atoms with E-state index < -0.39 is 6.61 Å². The van der Waals surface area contributed by atoms with Gasteiger partial charge in [0.15, 0.2) is 0 Å². The number of ether oxygens (including phenoxy) is 3. The lowest BCUT2D eigenvalue weighted by atomic mass is 10.3. The van der Waals surface area contributed by atoms with Crippen molar-refractivity contribution in [1.29, 1.82) is 0 Å². The predicted octanol–water partition coefficient (Wildman–Crippen LogP) is 2.04. The first-order valence-electron chi connectivity index (χ1n) is 6.88. The van der Waals surface area contributed by atoms with Gasteiger partial charge < -0.3 is 19.5 Å². The van der Waals surface area contributed by atoms with Gasteiger partial charge in [-0.15, -0.1) is 0 Å². The third kappa shape index (κ3) is 5.35. The third-order valence-corrected chi connectivity index (χ3v) is 3.17. The van der Waals surface area contributed by atoms with Crippen molar-refractivity contribution in [2.75, 3.05) is 51.8 Å². The lowest BCUT2D eigenvalue weighted by Crippen LogP contribution is -2.38. The highest BCUT2D eigenvalue weighted by atomic mass is 19.3. The lowest BCUT2D eigenvalue weighted by molar-refractivity contribution is -0.0499. The molecule has 7 heteroatoms. The maximum absolute atomic E-state index is 12.3. The lowest BCUT2D eigenvalue weighted by Gasteiger charge is -2.26. The van der Waals surface area contributed by atoms with E-state index in [1.165, 1.54) is 12.1 Å². The van der Waals surface area contributed by atoms with Gasteiger partial charge in [-0.2, -0.15) is 8.78 Å². The van der Waals surface area contributed by atoms with E-state index in [1.54, 1.807) is 13.1 Å². The average molecular weight is 302 g/mol. The van der Waals surface area contributed by atoms with Crippen molar-refractivity contribution in [2.45, 2.75) is 6.61 Å². The van der Waals surface area contributed by atoms with Crippen molar-refractivity contribution in [3.63, 3.8) is 0 Å². The van der Waals surface area contributed by atoms with Crippen LogP contribution in [0.4, 0.5) is 14.5 Å². The van der Waals surface area contributed by atoms with Gasteiger partial charge >= 0.3 is 6.61 Å². The van der Waals surface area contributed by atoms with Gasteiger partial charge in [0, 0.05) is 50.6 Å². The molecule has 1 aliphatic heterocycles. The van der Waals surface area contributed by atoms with Gasteiger partial charge in [0.1, 0.15) is 18.1 Å². The summed E-state index contributed by atoms with van der Waals surface area (Å²) in [6, 6.07) is 4.71. The molecule has 0 spiro atoms. The molecular weight excluding hydrogens is 282 g/mol. The zero-order valence-electron chi connectivity index (χ0n) is 12.0. The monoisotopic (exact) mass is 302 g/mol. The zero-order chi connectivity index (χ0) is 15.1. The van der Waals surface area contributed by atoms with Gasteiger partial charge in [0.2, 0.25) is 0 Å². The fraction of sp³-hybridized carbons (Fsp3) is 0.571. The molecule has 0 atom stereocenters. The van der Waals surface area contributed by atoms with Crippen LogP contribution in [0.25, 0.3) is 0 Å². The Bertz CT molecular complexity index is 440. The highest BCUT2D eigenvalue weighted by Crippen LogP contribution is 2.27. The number of hydrogen-bond acceptors (Lipinski definition) is 5. The van der Waals surface area contributed by atoms with E-state index in [1.807, 2.05) is 0 Å². The van der Waals surface area contributed by atoms with Crippen LogP contribution in [0.5, 0.6) is 11.5 Å². The standard InChI is InChI=1S/C14H20F2N2O3/c1-17-11-8-12(10-13(9-11)21-14(15)16)20-7-4-18-2-5-19-6-3-18/h8-10,14,17H,2-7H2,1H3. The molecule has 1 aromatic carbocycles. The number of alkyl halides is 2. The van der Waals surface area contributed by atoms with Crippen LogP contribution in [-0.2, 0) is 4.74 Å². The van der Waals surface area contributed by atoms with Gasteiger partial charge in [-0.3, -0.25) is 4.90 Å². The molecular formula is C14H20F2N2O3. The van der Waals surface area contributed by atoms with Crippen LogP contribution in [0.2, 0.25) is 0 Å². The number of rotatable bonds is 7. The molecule has 0 unspecified atom stereocenters. The van der Waals surface area contributed by atoms with Crippen LogP contribution < -0.4 is 14.8 Å². The van der Waals surface area contributed by atoms with E-state index in [2.05, 4.69) is 15.0 Å². The molecule has 1 fully saturated rings. The highest BCUT2D eigenvalue weighted by Gasteiger charge is 2.11. The minimum absolute atomic E-state index is 0.0817. The summed E-state index contributed by atoms with van der Waals surface area (Å²) >= 11 is 0. The van der Waals surface area contributed by atoms with Gasteiger partial charge in [0.25, 0.3) is 0 Å². The number of anilines is 1. The van der Waals surface area contributed by atoms with Crippen molar-refractivity contribution in [3.05, 3.63) is 18.2 Å². The number of halogens is 2. The van der Waals surface area contributed by atoms with Gasteiger partial charge in [-0.05, 0) is 0 Å². The molecule has 118 valence electrons. The van der Waals surface area contributed by atoms with Crippen LogP contribution in [0.15, 0.2) is 18.2 Å². The molecule has 5 nitrogen and oxygen atoms in total. The molecule has 1 aliphatic rings. The number of benzene rings is 1. The SMILES string of the molecule is CNc1cc(OCCN2CCOCC2)cc(OC(F)F)c1. The Labute approximate surface area is 122 Å². The molecule has 0 radical (unpaired) electrons. The van der Waals surface area contributed by atoms with Crippen molar-refractivity contribution < 1.29 is 23.0 Å². The minimum atomic E-state index is -2.85. The van der Waals surface area contributed by atoms with E-state index in [9.17, 15) is 8.78 Å². The maximum Gasteiger partial charge on any atom is 0.387 e. The zero-order valence-corrected chi connectivity index (χ0v) is 12.0. The van der Waals surface area contributed by atoms with E-state index >= 15 is 0 Å². The number of nitrogens with zero attached hydrogens (tertiary/aromatic N) is 1. The second-order valence-corrected chi connectivity index (χ2v) is 4.62. The molecule has 21 heavy (non-hydrogen) atoms. The first-order valence-corrected chi connectivity index (χ1v) is 6.88. The number of hydrogen-bond donors (Lipinski definition) is 1. The topological polar surface area (TPSA) is 43.0 Å². The fourth-order valence-corrected chi connectivity index (χ4v) is 2.09. The van der Waals surface area contributed by atoms with Crippen LogP contribution in [0.3, 0.4) is 0 Å². The Morgan fingerprint density at radius 1 is 1.24 bits per heavy atom. The second kappa shape index (κ2) is 7.99. The summed E-state index contributed by atoms with van der Waals surface area (Å²) in [6.45, 7) is 1.67. The Morgan fingerprint density at radius 2 is 1.95 bits per heavy atom. The maximum atomic E-state index is 12.3. The quantitative estimate of drug-likeness (QED) is 0.835. The number of morpholine rings is 1. The van der Waals surface area contributed by atoms with Crippen molar-refractivity contribution >= 4 is 5.69 Å². The first-order chi connectivity index (χ1) is 10.2. The third-order valence-electron chi connectivity index (χ3n) is 3.17. The molecule has 0 saturated carbocycles. The Kier molecular flexibility index (Phi) is 6.01. The second-order valence-electron chi connectivity index (χ2n) is 4.62. The highest BCUT2D eigenvalue weighted by molar-refractivity contribution is 5.53. The minimum Gasteiger partial charge on any atom is -0.492 e. The number of nitrogens with one attached hydrogen (secondary N) is 1. The van der Waals surface area contributed by atoms with E-state index in [0.717, 1.165) is 32.8 Å².